The number of carboxylic acid groups (broad SMARTS) is 1. The minimum atomic E-state index is -0.857. The van der Waals surface area contributed by atoms with Gasteiger partial charge < -0.3 is 14.9 Å². The van der Waals surface area contributed by atoms with E-state index in [1.807, 2.05) is 51.1 Å². The summed E-state index contributed by atoms with van der Waals surface area (Å²) in [5.41, 5.74) is 9.22. The number of hydrogen-bond donors (Lipinski definition) is 3. The van der Waals surface area contributed by atoms with Crippen LogP contribution in [0.15, 0.2) is 42.5 Å². The van der Waals surface area contributed by atoms with Gasteiger partial charge in [-0.05, 0) is 105 Å². The first-order valence-corrected chi connectivity index (χ1v) is 12.2. The van der Waals surface area contributed by atoms with Crippen molar-refractivity contribution in [3.8, 4) is 22.3 Å². The fraction of sp³-hybridized carbons (Fsp3) is 0.321. The van der Waals surface area contributed by atoms with Crippen LogP contribution in [0.5, 0.6) is 0 Å². The molecule has 3 aromatic rings. The maximum atomic E-state index is 13.9. The van der Waals surface area contributed by atoms with E-state index >= 15 is 0 Å². The number of halogens is 1. The molecule has 0 amide bonds. The molecule has 34 heavy (non-hydrogen) atoms. The van der Waals surface area contributed by atoms with Gasteiger partial charge in [-0.3, -0.25) is 4.79 Å². The van der Waals surface area contributed by atoms with Gasteiger partial charge in [0.1, 0.15) is 5.82 Å². The van der Waals surface area contributed by atoms with Gasteiger partial charge in [-0.1, -0.05) is 35.9 Å². The molecule has 1 heterocycles. The number of aryl methyl sites for hydroxylation is 1. The molecule has 4 nitrogen and oxygen atoms in total. The van der Waals surface area contributed by atoms with Crippen molar-refractivity contribution in [1.82, 2.24) is 0 Å². The number of hydrogen-bond acceptors (Lipinski definition) is 4. The molecule has 4 rings (SSSR count). The van der Waals surface area contributed by atoms with Crippen LogP contribution in [0.2, 0.25) is 0 Å². The Morgan fingerprint density at radius 3 is 2.24 bits per heavy atom. The summed E-state index contributed by atoms with van der Waals surface area (Å²) in [5.74, 6) is -0.470. The minimum absolute atomic E-state index is 0.0498. The van der Waals surface area contributed by atoms with Crippen molar-refractivity contribution in [3.63, 3.8) is 0 Å². The predicted molar refractivity (Wildman–Crippen MR) is 140 cm³/mol. The van der Waals surface area contributed by atoms with E-state index < -0.39 is 11.6 Å². The van der Waals surface area contributed by atoms with E-state index in [1.54, 1.807) is 26.8 Å². The van der Waals surface area contributed by atoms with E-state index in [4.69, 9.17) is 5.11 Å². The van der Waals surface area contributed by atoms with Crippen LogP contribution in [0.4, 0.5) is 10.1 Å². The number of fused-ring (bicyclic) bond motifs is 3. The standard InChI is InChI=1S/C24H22FNO2S.C4H10O/c1-13-4-6-16(7-5-13)22-15(3)23-19-9-8-18(25)10-17(19)12-29-26-24(23)14(2)20(22)11-21(27)28;1-4(2,3)5/h4-10,26H,11-12H2,1-3H3,(H,27,28);5H,1-3H3. The van der Waals surface area contributed by atoms with Crippen LogP contribution in [-0.2, 0) is 17.0 Å². The summed E-state index contributed by atoms with van der Waals surface area (Å²) in [6.07, 6.45) is -0.0498. The zero-order valence-electron chi connectivity index (χ0n) is 20.5. The summed E-state index contributed by atoms with van der Waals surface area (Å²) >= 11 is 1.50. The molecule has 0 radical (unpaired) electrons. The maximum Gasteiger partial charge on any atom is 0.307 e. The fourth-order valence-electron chi connectivity index (χ4n) is 4.12. The Kier molecular flexibility index (Phi) is 7.74. The highest BCUT2D eigenvalue weighted by Crippen LogP contribution is 2.47. The molecule has 0 aromatic heterocycles. The van der Waals surface area contributed by atoms with Gasteiger partial charge in [0.2, 0.25) is 0 Å². The van der Waals surface area contributed by atoms with E-state index in [2.05, 4.69) is 4.72 Å². The molecule has 3 N–H and O–H groups in total. The summed E-state index contributed by atoms with van der Waals surface area (Å²) in [5, 5.41) is 18.1. The molecule has 180 valence electrons. The number of carbonyl (C=O) groups is 1. The molecule has 0 aliphatic carbocycles. The zero-order valence-corrected chi connectivity index (χ0v) is 21.4. The first kappa shape index (κ1) is 25.8. The van der Waals surface area contributed by atoms with Gasteiger partial charge in [0.25, 0.3) is 0 Å². The fourth-order valence-corrected chi connectivity index (χ4v) is 4.99. The highest BCUT2D eigenvalue weighted by molar-refractivity contribution is 7.99. The lowest BCUT2D eigenvalue weighted by Crippen LogP contribution is -2.10. The van der Waals surface area contributed by atoms with Gasteiger partial charge in [-0.25, -0.2) is 4.39 Å². The molecule has 6 heteroatoms. The van der Waals surface area contributed by atoms with Crippen LogP contribution in [0, 0.1) is 26.6 Å². The summed E-state index contributed by atoms with van der Waals surface area (Å²) in [6, 6.07) is 13.1. The second-order valence-corrected chi connectivity index (χ2v) is 10.4. The number of carboxylic acids is 1. The van der Waals surface area contributed by atoms with E-state index in [0.29, 0.717) is 5.75 Å². The van der Waals surface area contributed by atoms with Crippen molar-refractivity contribution in [3.05, 3.63) is 76.1 Å². The largest absolute Gasteiger partial charge is 0.481 e. The second kappa shape index (κ2) is 10.2. The maximum absolute atomic E-state index is 13.9. The zero-order chi connectivity index (χ0) is 25.2. The molecule has 0 fully saturated rings. The molecule has 0 unspecified atom stereocenters. The third-order valence-electron chi connectivity index (χ3n) is 5.54. The monoisotopic (exact) mass is 481 g/mol. The topological polar surface area (TPSA) is 69.6 Å². The summed E-state index contributed by atoms with van der Waals surface area (Å²) in [6.45, 7) is 11.3. The number of benzene rings is 3. The second-order valence-electron chi connectivity index (χ2n) is 9.65. The number of nitrogens with one attached hydrogen (secondary N) is 1. The smallest absolute Gasteiger partial charge is 0.307 e. The Hall–Kier alpha value is -2.83. The van der Waals surface area contributed by atoms with Crippen molar-refractivity contribution >= 4 is 23.6 Å². The average molecular weight is 482 g/mol. The van der Waals surface area contributed by atoms with Crippen LogP contribution in [0.1, 0.15) is 48.6 Å². The third-order valence-corrected chi connectivity index (χ3v) is 6.34. The van der Waals surface area contributed by atoms with Crippen molar-refractivity contribution in [2.45, 2.75) is 59.3 Å². The molecule has 1 aliphatic rings. The molecule has 0 spiro atoms. The molecular weight excluding hydrogens is 449 g/mol. The molecule has 0 atom stereocenters. The number of rotatable bonds is 3. The van der Waals surface area contributed by atoms with Crippen molar-refractivity contribution < 1.29 is 19.4 Å². The van der Waals surface area contributed by atoms with Crippen LogP contribution in [0.3, 0.4) is 0 Å². The van der Waals surface area contributed by atoms with E-state index in [1.165, 1.54) is 18.0 Å². The van der Waals surface area contributed by atoms with Gasteiger partial charge in [-0.15, -0.1) is 0 Å². The predicted octanol–water partition coefficient (Wildman–Crippen LogP) is 7.06. The number of aliphatic carboxylic acids is 1. The van der Waals surface area contributed by atoms with Crippen molar-refractivity contribution in [1.29, 1.82) is 0 Å². The molecule has 0 bridgehead atoms. The van der Waals surface area contributed by atoms with Crippen molar-refractivity contribution in [2.75, 3.05) is 4.72 Å². The lowest BCUT2D eigenvalue weighted by atomic mass is 9.82. The third kappa shape index (κ3) is 5.99. The number of anilines is 1. The first-order chi connectivity index (χ1) is 15.9. The van der Waals surface area contributed by atoms with Gasteiger partial charge in [0.15, 0.2) is 0 Å². The van der Waals surface area contributed by atoms with Gasteiger partial charge in [0, 0.05) is 11.3 Å². The lowest BCUT2D eigenvalue weighted by Gasteiger charge is -2.23. The molecule has 0 saturated heterocycles. The SMILES string of the molecule is CC(C)(C)O.Cc1ccc(-c2c(C)c3c(c(C)c2CC(=O)O)NSCc2cc(F)ccc2-3)cc1. The Bertz CT molecular complexity index is 1210. The normalized spacial score (nSPS) is 12.5. The van der Waals surface area contributed by atoms with E-state index in [-0.39, 0.29) is 12.2 Å². The van der Waals surface area contributed by atoms with Crippen LogP contribution >= 0.6 is 11.9 Å². The lowest BCUT2D eigenvalue weighted by molar-refractivity contribution is -0.136. The minimum Gasteiger partial charge on any atom is -0.481 e. The summed E-state index contributed by atoms with van der Waals surface area (Å²) in [4.78, 5) is 11.7. The van der Waals surface area contributed by atoms with Gasteiger partial charge >= 0.3 is 5.97 Å². The summed E-state index contributed by atoms with van der Waals surface area (Å²) < 4.78 is 17.3. The highest BCUT2D eigenvalue weighted by atomic mass is 32.2. The first-order valence-electron chi connectivity index (χ1n) is 11.2. The Labute approximate surface area is 205 Å². The van der Waals surface area contributed by atoms with Crippen molar-refractivity contribution in [2.24, 2.45) is 0 Å². The Balaban J connectivity index is 0.000000588. The summed E-state index contributed by atoms with van der Waals surface area (Å²) in [7, 11) is 0. The number of aliphatic hydroxyl groups is 1. The van der Waals surface area contributed by atoms with Gasteiger partial charge in [0.05, 0.1) is 17.7 Å². The average Bonchev–Trinajstić information content (AvgIpc) is 2.91. The Morgan fingerprint density at radius 1 is 1.03 bits per heavy atom. The van der Waals surface area contributed by atoms with Crippen LogP contribution in [-0.4, -0.2) is 21.8 Å². The molecule has 1 aliphatic heterocycles. The Morgan fingerprint density at radius 2 is 1.65 bits per heavy atom. The highest BCUT2D eigenvalue weighted by Gasteiger charge is 2.26. The molecule has 3 aromatic carbocycles. The quantitative estimate of drug-likeness (QED) is 0.349. The molecular formula is C28H32FNO3S. The molecule has 0 saturated carbocycles. The van der Waals surface area contributed by atoms with Crippen LogP contribution in [0.25, 0.3) is 22.3 Å². The van der Waals surface area contributed by atoms with E-state index in [9.17, 15) is 14.3 Å². The van der Waals surface area contributed by atoms with Gasteiger partial charge in [-0.2, -0.15) is 0 Å². The van der Waals surface area contributed by atoms with E-state index in [0.717, 1.165) is 55.8 Å². The van der Waals surface area contributed by atoms with Crippen LogP contribution < -0.4 is 4.72 Å².